The Hall–Kier alpha value is -3.14. The molecule has 4 heteroatoms. The Morgan fingerprint density at radius 3 is 2.55 bits per heavy atom. The molecule has 2 aromatic carbocycles. The maximum atomic E-state index is 11.3. The Bertz CT molecular complexity index is 1150. The van der Waals surface area contributed by atoms with Gasteiger partial charge in [0.1, 0.15) is 0 Å². The lowest BCUT2D eigenvalue weighted by molar-refractivity contribution is -0.385. The van der Waals surface area contributed by atoms with Gasteiger partial charge in [-0.2, -0.15) is 0 Å². The molecule has 0 bridgehead atoms. The molecule has 0 atom stereocenters. The number of fused-ring (bicyclic) bond motifs is 2. The van der Waals surface area contributed by atoms with Gasteiger partial charge in [-0.05, 0) is 54.2 Å². The minimum absolute atomic E-state index is 0.0986. The molecule has 0 radical (unpaired) electrons. The summed E-state index contributed by atoms with van der Waals surface area (Å²) in [4.78, 5) is 13.3. The zero-order valence-corrected chi connectivity index (χ0v) is 20.2. The van der Waals surface area contributed by atoms with E-state index in [1.54, 1.807) is 12.1 Å². The number of non-ortho nitro benzene ring substituents is 1. The summed E-state index contributed by atoms with van der Waals surface area (Å²) in [5, 5.41) is 11.3. The van der Waals surface area contributed by atoms with E-state index in [1.165, 1.54) is 49.1 Å². The minimum Gasteiger partial charge on any atom is -0.347 e. The summed E-state index contributed by atoms with van der Waals surface area (Å²) < 4.78 is 0. The van der Waals surface area contributed by atoms with Gasteiger partial charge in [-0.1, -0.05) is 76.1 Å². The highest BCUT2D eigenvalue weighted by Crippen LogP contribution is 2.54. The van der Waals surface area contributed by atoms with Gasteiger partial charge in [-0.3, -0.25) is 10.1 Å². The van der Waals surface area contributed by atoms with Crippen molar-refractivity contribution >= 4 is 11.4 Å². The average Bonchev–Trinajstić information content (AvgIpc) is 3.02. The summed E-state index contributed by atoms with van der Waals surface area (Å²) in [6, 6.07) is 13.9. The van der Waals surface area contributed by atoms with E-state index in [9.17, 15) is 10.1 Å². The van der Waals surface area contributed by atoms with Crippen LogP contribution in [0.2, 0.25) is 0 Å². The number of nitro groups is 1. The van der Waals surface area contributed by atoms with Crippen LogP contribution in [0.15, 0.2) is 78.5 Å². The smallest absolute Gasteiger partial charge is 0.269 e. The molecule has 0 saturated heterocycles. The molecular weight excluding hydrogens is 408 g/mol. The molecule has 0 aromatic heterocycles. The Kier molecular flexibility index (Phi) is 6.04. The monoisotopic (exact) mass is 442 g/mol. The number of nitro benzene ring substituents is 1. The fourth-order valence-corrected chi connectivity index (χ4v) is 5.75. The summed E-state index contributed by atoms with van der Waals surface area (Å²) >= 11 is 0. The van der Waals surface area contributed by atoms with Crippen LogP contribution in [-0.4, -0.2) is 12.0 Å². The van der Waals surface area contributed by atoms with E-state index in [0.717, 1.165) is 16.7 Å². The Labute approximate surface area is 197 Å². The maximum Gasteiger partial charge on any atom is 0.269 e. The molecular formula is C29H34N2O2. The number of allylic oxidation sites excluding steroid dienone is 5. The molecule has 1 saturated carbocycles. The van der Waals surface area contributed by atoms with Crippen molar-refractivity contribution in [1.29, 1.82) is 0 Å². The van der Waals surface area contributed by atoms with Gasteiger partial charge < -0.3 is 4.90 Å². The largest absolute Gasteiger partial charge is 0.347 e. The van der Waals surface area contributed by atoms with E-state index in [0.29, 0.717) is 0 Å². The predicted molar refractivity (Wildman–Crippen MR) is 137 cm³/mol. The normalized spacial score (nSPS) is 18.8. The number of hydrogen-bond acceptors (Lipinski definition) is 3. The van der Waals surface area contributed by atoms with Gasteiger partial charge in [0.25, 0.3) is 5.69 Å². The number of para-hydroxylation sites is 1. The number of aryl methyl sites for hydroxylation is 1. The summed E-state index contributed by atoms with van der Waals surface area (Å²) in [5.41, 5.74) is 6.82. The van der Waals surface area contributed by atoms with Crippen LogP contribution in [0.25, 0.3) is 0 Å². The highest BCUT2D eigenvalue weighted by atomic mass is 16.6. The second kappa shape index (κ2) is 8.66. The highest BCUT2D eigenvalue weighted by molar-refractivity contribution is 5.71. The first-order chi connectivity index (χ1) is 15.7. The fourth-order valence-electron chi connectivity index (χ4n) is 5.75. The predicted octanol–water partition coefficient (Wildman–Crippen LogP) is 7.53. The number of anilines is 1. The molecule has 0 N–H and O–H groups in total. The molecule has 33 heavy (non-hydrogen) atoms. The van der Waals surface area contributed by atoms with Crippen LogP contribution in [0.1, 0.15) is 62.6 Å². The lowest BCUT2D eigenvalue weighted by Gasteiger charge is -2.36. The molecule has 1 aliphatic heterocycles. The lowest BCUT2D eigenvalue weighted by atomic mass is 9.68. The molecule has 2 aromatic rings. The molecule has 1 aliphatic carbocycles. The maximum absolute atomic E-state index is 11.3. The standard InChI is InChI=1S/C29H34N2O2/c1-21-16-17-23(31(32)33)20-25(21)28(3,4)22(2)12-11-15-27-29(18-9-6-10-19-29)24-13-7-8-14-26(24)30(27)5/h7-8,11-17,20H,2,6,9-10,18-19H2,1,3-5H3/b12-11+,27-15+. The molecule has 1 spiro atoms. The van der Waals surface area contributed by atoms with E-state index >= 15 is 0 Å². The van der Waals surface area contributed by atoms with Gasteiger partial charge in [0, 0.05) is 41.4 Å². The second-order valence-corrected chi connectivity index (χ2v) is 10.0. The third kappa shape index (κ3) is 3.92. The van der Waals surface area contributed by atoms with Crippen molar-refractivity contribution in [2.45, 2.75) is 63.7 Å². The summed E-state index contributed by atoms with van der Waals surface area (Å²) in [6.45, 7) is 10.5. The highest BCUT2D eigenvalue weighted by Gasteiger charge is 2.45. The molecule has 1 fully saturated rings. The molecule has 0 unspecified atom stereocenters. The van der Waals surface area contributed by atoms with Gasteiger partial charge >= 0.3 is 0 Å². The second-order valence-electron chi connectivity index (χ2n) is 10.0. The fraction of sp³-hybridized carbons (Fsp3) is 0.379. The van der Waals surface area contributed by atoms with Crippen LogP contribution in [0.5, 0.6) is 0 Å². The Morgan fingerprint density at radius 2 is 1.85 bits per heavy atom. The third-order valence-electron chi connectivity index (χ3n) is 7.80. The van der Waals surface area contributed by atoms with Crippen LogP contribution in [0.4, 0.5) is 11.4 Å². The Balaban J connectivity index is 1.65. The molecule has 0 amide bonds. The van der Waals surface area contributed by atoms with E-state index < -0.39 is 5.41 Å². The molecule has 4 nitrogen and oxygen atoms in total. The molecule has 4 rings (SSSR count). The van der Waals surface area contributed by atoms with Gasteiger partial charge in [0.2, 0.25) is 0 Å². The zero-order chi connectivity index (χ0) is 23.8. The third-order valence-corrected chi connectivity index (χ3v) is 7.80. The van der Waals surface area contributed by atoms with Crippen molar-refractivity contribution in [3.05, 3.63) is 105 Å². The van der Waals surface area contributed by atoms with Crippen LogP contribution in [-0.2, 0) is 10.8 Å². The SMILES string of the molecule is C=C(/C=C/C=C1/N(C)c2ccccc2C12CCCCC2)C(C)(C)c1cc([N+](=O)[O-])ccc1C. The quantitative estimate of drug-likeness (QED) is 0.273. The average molecular weight is 443 g/mol. The summed E-state index contributed by atoms with van der Waals surface area (Å²) in [7, 11) is 2.17. The molecule has 1 heterocycles. The van der Waals surface area contributed by atoms with Crippen LogP contribution >= 0.6 is 0 Å². The molecule has 172 valence electrons. The first kappa shape index (κ1) is 23.0. The molecule has 2 aliphatic rings. The van der Waals surface area contributed by atoms with Gasteiger partial charge in [-0.25, -0.2) is 0 Å². The zero-order valence-electron chi connectivity index (χ0n) is 20.2. The van der Waals surface area contributed by atoms with E-state index in [4.69, 9.17) is 0 Å². The van der Waals surface area contributed by atoms with Crippen molar-refractivity contribution in [2.75, 3.05) is 11.9 Å². The van der Waals surface area contributed by atoms with E-state index in [2.05, 4.69) is 74.9 Å². The van der Waals surface area contributed by atoms with Gasteiger partial charge in [0.05, 0.1) is 4.92 Å². The van der Waals surface area contributed by atoms with Crippen molar-refractivity contribution in [3.63, 3.8) is 0 Å². The number of hydrogen-bond donors (Lipinski definition) is 0. The van der Waals surface area contributed by atoms with Crippen molar-refractivity contribution < 1.29 is 4.92 Å². The number of nitrogens with zero attached hydrogens (tertiary/aromatic N) is 2. The number of rotatable bonds is 5. The summed E-state index contributed by atoms with van der Waals surface area (Å²) in [6.07, 6.45) is 12.6. The van der Waals surface area contributed by atoms with Crippen LogP contribution in [0, 0.1) is 17.0 Å². The van der Waals surface area contributed by atoms with Gasteiger partial charge in [-0.15, -0.1) is 0 Å². The minimum atomic E-state index is -0.418. The van der Waals surface area contributed by atoms with Crippen LogP contribution in [0.3, 0.4) is 0 Å². The summed E-state index contributed by atoms with van der Waals surface area (Å²) in [5.74, 6) is 0. The van der Waals surface area contributed by atoms with Crippen molar-refractivity contribution in [1.82, 2.24) is 0 Å². The first-order valence-corrected chi connectivity index (χ1v) is 11.9. The number of benzene rings is 2. The van der Waals surface area contributed by atoms with E-state index in [1.807, 2.05) is 13.0 Å². The Morgan fingerprint density at radius 1 is 1.15 bits per heavy atom. The lowest BCUT2D eigenvalue weighted by Crippen LogP contribution is -2.31. The van der Waals surface area contributed by atoms with Crippen molar-refractivity contribution in [2.24, 2.45) is 0 Å². The van der Waals surface area contributed by atoms with Crippen LogP contribution < -0.4 is 4.90 Å². The number of likely N-dealkylation sites (N-methyl/N-ethyl adjacent to an activating group) is 1. The van der Waals surface area contributed by atoms with Gasteiger partial charge in [0.15, 0.2) is 0 Å². The van der Waals surface area contributed by atoms with E-state index in [-0.39, 0.29) is 16.0 Å². The van der Waals surface area contributed by atoms with Crippen molar-refractivity contribution in [3.8, 4) is 0 Å². The topological polar surface area (TPSA) is 46.4 Å². The first-order valence-electron chi connectivity index (χ1n) is 11.9.